The van der Waals surface area contributed by atoms with E-state index >= 15 is 0 Å². The number of aryl methyl sites for hydroxylation is 1. The summed E-state index contributed by atoms with van der Waals surface area (Å²) in [6, 6.07) is 17.6. The van der Waals surface area contributed by atoms with Gasteiger partial charge in [-0.1, -0.05) is 12.1 Å². The van der Waals surface area contributed by atoms with Crippen LogP contribution in [0.3, 0.4) is 0 Å². The zero-order valence-electron chi connectivity index (χ0n) is 14.5. The Hall–Kier alpha value is -3.87. The molecule has 0 aliphatic carbocycles. The van der Waals surface area contributed by atoms with E-state index in [0.717, 1.165) is 39.0 Å². The van der Waals surface area contributed by atoms with Crippen molar-refractivity contribution < 1.29 is 0 Å². The summed E-state index contributed by atoms with van der Waals surface area (Å²) < 4.78 is 0. The van der Waals surface area contributed by atoms with Gasteiger partial charge in [0.15, 0.2) is 5.82 Å². The van der Waals surface area contributed by atoms with Crippen molar-refractivity contribution in [2.75, 3.05) is 5.32 Å². The van der Waals surface area contributed by atoms with E-state index in [1.54, 1.807) is 17.2 Å². The molecule has 0 fully saturated rings. The van der Waals surface area contributed by atoms with E-state index < -0.39 is 0 Å². The molecule has 130 valence electrons. The van der Waals surface area contributed by atoms with Crippen LogP contribution in [0, 0.1) is 0 Å². The summed E-state index contributed by atoms with van der Waals surface area (Å²) in [7, 11) is 1.81. The van der Waals surface area contributed by atoms with Crippen molar-refractivity contribution in [1.82, 2.24) is 29.9 Å². The first kappa shape index (κ1) is 15.4. The highest BCUT2D eigenvalue weighted by Crippen LogP contribution is 2.28. The van der Waals surface area contributed by atoms with Gasteiger partial charge >= 0.3 is 0 Å². The number of pyridine rings is 1. The van der Waals surface area contributed by atoms with Crippen LogP contribution < -0.4 is 5.32 Å². The number of fused-ring (bicyclic) bond motifs is 2. The van der Waals surface area contributed by atoms with E-state index in [0.29, 0.717) is 5.82 Å². The lowest BCUT2D eigenvalue weighted by Crippen LogP contribution is -1.99. The molecule has 3 aromatic heterocycles. The molecule has 0 aliphatic rings. The maximum absolute atomic E-state index is 4.76. The average Bonchev–Trinajstić information content (AvgIpc) is 3.08. The molecular weight excluding hydrogens is 338 g/mol. The van der Waals surface area contributed by atoms with E-state index in [2.05, 4.69) is 20.5 Å². The Kier molecular flexibility index (Phi) is 3.50. The Morgan fingerprint density at radius 2 is 1.63 bits per heavy atom. The maximum Gasteiger partial charge on any atom is 0.162 e. The molecule has 7 heteroatoms. The van der Waals surface area contributed by atoms with E-state index in [1.807, 2.05) is 61.6 Å². The molecule has 7 nitrogen and oxygen atoms in total. The van der Waals surface area contributed by atoms with Crippen LogP contribution in [0.2, 0.25) is 0 Å². The second kappa shape index (κ2) is 6.14. The topological polar surface area (TPSA) is 81.4 Å². The number of hydrogen-bond donors (Lipinski definition) is 1. The number of anilines is 2. The molecule has 3 heterocycles. The molecule has 0 bridgehead atoms. The molecule has 0 amide bonds. The fraction of sp³-hybridized carbons (Fsp3) is 0.0500. The Bertz CT molecular complexity index is 1260. The first-order valence-corrected chi connectivity index (χ1v) is 8.51. The number of hydrogen-bond acceptors (Lipinski definition) is 6. The molecule has 0 atom stereocenters. The zero-order chi connectivity index (χ0) is 18.2. The fourth-order valence-electron chi connectivity index (χ4n) is 3.04. The number of benzene rings is 2. The number of aromatic nitrogens is 6. The standard InChI is InChI=1S/C20H15N7/c1-27-25-17-7-6-14(12-18(17)26-27)22-20-15-4-2-3-5-16(15)23-19(24-20)13-8-10-21-11-9-13/h2-12H,1H3,(H,22,23,24). The van der Waals surface area contributed by atoms with Crippen molar-refractivity contribution in [3.8, 4) is 11.4 Å². The van der Waals surface area contributed by atoms with Crippen molar-refractivity contribution in [1.29, 1.82) is 0 Å². The molecule has 27 heavy (non-hydrogen) atoms. The molecular formula is C20H15N7. The first-order chi connectivity index (χ1) is 13.3. The van der Waals surface area contributed by atoms with Crippen LogP contribution in [0.15, 0.2) is 67.0 Å². The van der Waals surface area contributed by atoms with Crippen molar-refractivity contribution in [2.24, 2.45) is 7.05 Å². The normalized spacial score (nSPS) is 11.1. The molecule has 0 spiro atoms. The van der Waals surface area contributed by atoms with Gasteiger partial charge in [-0.2, -0.15) is 15.0 Å². The summed E-state index contributed by atoms with van der Waals surface area (Å²) in [5.41, 5.74) is 4.38. The summed E-state index contributed by atoms with van der Waals surface area (Å²) in [6.45, 7) is 0. The van der Waals surface area contributed by atoms with Gasteiger partial charge in [0.1, 0.15) is 16.9 Å². The molecule has 5 rings (SSSR count). The zero-order valence-corrected chi connectivity index (χ0v) is 14.5. The lowest BCUT2D eigenvalue weighted by atomic mass is 10.2. The van der Waals surface area contributed by atoms with E-state index in [1.165, 1.54) is 0 Å². The Balaban J connectivity index is 1.64. The Morgan fingerprint density at radius 3 is 2.52 bits per heavy atom. The third kappa shape index (κ3) is 2.85. The van der Waals surface area contributed by atoms with Gasteiger partial charge in [-0.3, -0.25) is 4.98 Å². The third-order valence-corrected chi connectivity index (χ3v) is 4.28. The molecule has 5 aromatic rings. The average molecular weight is 353 g/mol. The summed E-state index contributed by atoms with van der Waals surface area (Å²) in [6.07, 6.45) is 3.48. The minimum absolute atomic E-state index is 0.652. The lowest BCUT2D eigenvalue weighted by molar-refractivity contribution is 0.665. The van der Waals surface area contributed by atoms with Gasteiger partial charge in [-0.25, -0.2) is 9.97 Å². The smallest absolute Gasteiger partial charge is 0.162 e. The van der Waals surface area contributed by atoms with Gasteiger partial charge in [0.25, 0.3) is 0 Å². The van der Waals surface area contributed by atoms with Crippen LogP contribution >= 0.6 is 0 Å². The third-order valence-electron chi connectivity index (χ3n) is 4.28. The van der Waals surface area contributed by atoms with E-state index in [-0.39, 0.29) is 0 Å². The van der Waals surface area contributed by atoms with Gasteiger partial charge in [0.2, 0.25) is 0 Å². The summed E-state index contributed by atoms with van der Waals surface area (Å²) in [5, 5.41) is 13.0. The molecule has 0 saturated heterocycles. The maximum atomic E-state index is 4.76. The van der Waals surface area contributed by atoms with Crippen LogP contribution in [-0.4, -0.2) is 29.9 Å². The Labute approximate surface area is 154 Å². The predicted octanol–water partition coefficient (Wildman–Crippen LogP) is 3.72. The number of para-hydroxylation sites is 1. The number of nitrogens with zero attached hydrogens (tertiary/aromatic N) is 6. The summed E-state index contributed by atoms with van der Waals surface area (Å²) in [5.74, 6) is 1.40. The van der Waals surface area contributed by atoms with E-state index in [4.69, 9.17) is 9.97 Å². The van der Waals surface area contributed by atoms with E-state index in [9.17, 15) is 0 Å². The summed E-state index contributed by atoms with van der Waals surface area (Å²) >= 11 is 0. The van der Waals surface area contributed by atoms with Crippen molar-refractivity contribution in [3.63, 3.8) is 0 Å². The first-order valence-electron chi connectivity index (χ1n) is 8.51. The summed E-state index contributed by atoms with van der Waals surface area (Å²) in [4.78, 5) is 15.1. The minimum Gasteiger partial charge on any atom is -0.340 e. The highest BCUT2D eigenvalue weighted by atomic mass is 15.4. The Morgan fingerprint density at radius 1 is 0.815 bits per heavy atom. The monoisotopic (exact) mass is 353 g/mol. The quantitative estimate of drug-likeness (QED) is 0.532. The predicted molar refractivity (Wildman–Crippen MR) is 105 cm³/mol. The van der Waals surface area contributed by atoms with Crippen LogP contribution in [0.5, 0.6) is 0 Å². The van der Waals surface area contributed by atoms with Crippen molar-refractivity contribution in [2.45, 2.75) is 0 Å². The SMILES string of the molecule is Cn1nc2ccc(Nc3nc(-c4ccncc4)nc4ccccc34)cc2n1. The van der Waals surface area contributed by atoms with Crippen LogP contribution in [0.4, 0.5) is 11.5 Å². The largest absolute Gasteiger partial charge is 0.340 e. The molecule has 0 saturated carbocycles. The van der Waals surface area contributed by atoms with Crippen molar-refractivity contribution >= 4 is 33.4 Å². The number of nitrogens with one attached hydrogen (secondary N) is 1. The second-order valence-corrected chi connectivity index (χ2v) is 6.17. The molecule has 0 aliphatic heterocycles. The van der Waals surface area contributed by atoms with Crippen LogP contribution in [0.25, 0.3) is 33.3 Å². The van der Waals surface area contributed by atoms with Gasteiger partial charge in [0, 0.05) is 36.1 Å². The molecule has 2 aromatic carbocycles. The fourth-order valence-corrected chi connectivity index (χ4v) is 3.04. The van der Waals surface area contributed by atoms with Gasteiger partial charge < -0.3 is 5.32 Å². The van der Waals surface area contributed by atoms with Gasteiger partial charge in [-0.15, -0.1) is 0 Å². The molecule has 0 radical (unpaired) electrons. The van der Waals surface area contributed by atoms with Gasteiger partial charge in [-0.05, 0) is 42.5 Å². The highest BCUT2D eigenvalue weighted by molar-refractivity contribution is 5.93. The second-order valence-electron chi connectivity index (χ2n) is 6.17. The lowest BCUT2D eigenvalue weighted by Gasteiger charge is -2.11. The van der Waals surface area contributed by atoms with Gasteiger partial charge in [0.05, 0.1) is 5.52 Å². The number of rotatable bonds is 3. The van der Waals surface area contributed by atoms with Crippen LogP contribution in [0.1, 0.15) is 0 Å². The van der Waals surface area contributed by atoms with Crippen molar-refractivity contribution in [3.05, 3.63) is 67.0 Å². The molecule has 1 N–H and O–H groups in total. The minimum atomic E-state index is 0.652. The van der Waals surface area contributed by atoms with Crippen LogP contribution in [-0.2, 0) is 7.05 Å². The molecule has 0 unspecified atom stereocenters. The highest BCUT2D eigenvalue weighted by Gasteiger charge is 2.10.